The van der Waals surface area contributed by atoms with Crippen LogP contribution in [0.4, 0.5) is 0 Å². The number of carbonyl (C=O) groups excluding carboxylic acids is 1. The second-order valence-electron chi connectivity index (χ2n) is 5.47. The first-order valence-electron chi connectivity index (χ1n) is 7.38. The number of hydrogen-bond acceptors (Lipinski definition) is 3. The van der Waals surface area contributed by atoms with Crippen molar-refractivity contribution in [2.45, 2.75) is 6.54 Å². The number of carbonyl (C=O) groups is 1. The first kappa shape index (κ1) is 15.0. The van der Waals surface area contributed by atoms with Crippen molar-refractivity contribution in [3.8, 4) is 11.5 Å². The van der Waals surface area contributed by atoms with Gasteiger partial charge in [0.15, 0.2) is 0 Å². The number of likely N-dealkylation sites (N-methyl/N-ethyl adjacent to an activating group) is 1. The van der Waals surface area contributed by atoms with Gasteiger partial charge in [-0.3, -0.25) is 4.79 Å². The van der Waals surface area contributed by atoms with Gasteiger partial charge in [-0.2, -0.15) is 0 Å². The SMILES string of the molecule is CN(CCn1ccc2ccccc21)C(=O)c1c(O)cccc1O. The van der Waals surface area contributed by atoms with Crippen LogP contribution in [0.15, 0.2) is 54.7 Å². The van der Waals surface area contributed by atoms with Crippen LogP contribution in [-0.4, -0.2) is 39.2 Å². The zero-order valence-electron chi connectivity index (χ0n) is 12.8. The van der Waals surface area contributed by atoms with Crippen molar-refractivity contribution in [2.75, 3.05) is 13.6 Å². The summed E-state index contributed by atoms with van der Waals surface area (Å²) in [6.07, 6.45) is 1.99. The Morgan fingerprint density at radius 3 is 2.48 bits per heavy atom. The molecule has 0 saturated heterocycles. The third-order valence-electron chi connectivity index (χ3n) is 3.94. The maximum absolute atomic E-state index is 12.4. The van der Waals surface area contributed by atoms with Gasteiger partial charge in [0.2, 0.25) is 0 Å². The van der Waals surface area contributed by atoms with E-state index in [1.165, 1.54) is 23.1 Å². The molecule has 23 heavy (non-hydrogen) atoms. The van der Waals surface area contributed by atoms with Gasteiger partial charge in [0.25, 0.3) is 5.91 Å². The summed E-state index contributed by atoms with van der Waals surface area (Å²) in [6.45, 7) is 1.09. The fourth-order valence-electron chi connectivity index (χ4n) is 2.63. The molecule has 2 N–H and O–H groups in total. The van der Waals surface area contributed by atoms with Crippen molar-refractivity contribution in [1.82, 2.24) is 9.47 Å². The summed E-state index contributed by atoms with van der Waals surface area (Å²) in [6, 6.07) is 14.4. The van der Waals surface area contributed by atoms with Crippen LogP contribution < -0.4 is 0 Å². The monoisotopic (exact) mass is 310 g/mol. The van der Waals surface area contributed by atoms with Crippen molar-refractivity contribution >= 4 is 16.8 Å². The molecular weight excluding hydrogens is 292 g/mol. The van der Waals surface area contributed by atoms with Crippen LogP contribution in [0.3, 0.4) is 0 Å². The summed E-state index contributed by atoms with van der Waals surface area (Å²) in [5.41, 5.74) is 1.05. The second-order valence-corrected chi connectivity index (χ2v) is 5.47. The van der Waals surface area contributed by atoms with Crippen molar-refractivity contribution in [1.29, 1.82) is 0 Å². The molecule has 0 radical (unpaired) electrons. The highest BCUT2D eigenvalue weighted by atomic mass is 16.3. The predicted molar refractivity (Wildman–Crippen MR) is 88.7 cm³/mol. The molecule has 0 aliphatic rings. The molecule has 1 aromatic heterocycles. The molecule has 0 fully saturated rings. The van der Waals surface area contributed by atoms with Gasteiger partial charge in [0.05, 0.1) is 0 Å². The molecule has 1 amide bonds. The topological polar surface area (TPSA) is 65.7 Å². The standard InChI is InChI=1S/C18H18N2O3/c1-19(18(23)17-15(21)7-4-8-16(17)22)11-12-20-10-9-13-5-2-3-6-14(13)20/h2-10,21-22H,11-12H2,1H3. The lowest BCUT2D eigenvalue weighted by Crippen LogP contribution is -2.30. The Balaban J connectivity index is 1.74. The zero-order chi connectivity index (χ0) is 16.4. The number of phenolic OH excluding ortho intramolecular Hbond substituents is 2. The molecular formula is C18H18N2O3. The summed E-state index contributed by atoms with van der Waals surface area (Å²) >= 11 is 0. The largest absolute Gasteiger partial charge is 0.507 e. The highest BCUT2D eigenvalue weighted by Gasteiger charge is 2.19. The first-order valence-corrected chi connectivity index (χ1v) is 7.38. The maximum Gasteiger partial charge on any atom is 0.261 e. The minimum absolute atomic E-state index is 0.0626. The first-order chi connectivity index (χ1) is 11.1. The molecule has 0 aliphatic carbocycles. The van der Waals surface area contributed by atoms with E-state index in [1.807, 2.05) is 36.5 Å². The van der Waals surface area contributed by atoms with Gasteiger partial charge in [-0.05, 0) is 29.7 Å². The van der Waals surface area contributed by atoms with Crippen LogP contribution in [0.25, 0.3) is 10.9 Å². The Morgan fingerprint density at radius 2 is 1.74 bits per heavy atom. The van der Waals surface area contributed by atoms with Crippen molar-refractivity contribution in [2.24, 2.45) is 0 Å². The fraction of sp³-hybridized carbons (Fsp3) is 0.167. The number of nitrogens with zero attached hydrogens (tertiary/aromatic N) is 2. The van der Waals surface area contributed by atoms with E-state index in [-0.39, 0.29) is 17.1 Å². The van der Waals surface area contributed by atoms with E-state index in [0.29, 0.717) is 13.1 Å². The van der Waals surface area contributed by atoms with Crippen LogP contribution in [0.1, 0.15) is 10.4 Å². The summed E-state index contributed by atoms with van der Waals surface area (Å²) in [5.74, 6) is -0.835. The van der Waals surface area contributed by atoms with Crippen molar-refractivity contribution in [3.05, 3.63) is 60.3 Å². The van der Waals surface area contributed by atoms with E-state index in [9.17, 15) is 15.0 Å². The van der Waals surface area contributed by atoms with E-state index in [0.717, 1.165) is 10.9 Å². The van der Waals surface area contributed by atoms with Crippen LogP contribution in [-0.2, 0) is 6.54 Å². The average Bonchev–Trinajstić information content (AvgIpc) is 2.95. The number of hydrogen-bond donors (Lipinski definition) is 2. The average molecular weight is 310 g/mol. The van der Waals surface area contributed by atoms with Crippen LogP contribution >= 0.6 is 0 Å². The molecule has 0 aliphatic heterocycles. The van der Waals surface area contributed by atoms with Gasteiger partial charge in [-0.1, -0.05) is 24.3 Å². The number of aromatic hydroxyl groups is 2. The van der Waals surface area contributed by atoms with Crippen LogP contribution in [0.5, 0.6) is 11.5 Å². The number of benzene rings is 2. The lowest BCUT2D eigenvalue weighted by atomic mass is 10.1. The smallest absolute Gasteiger partial charge is 0.261 e. The molecule has 0 atom stereocenters. The van der Waals surface area contributed by atoms with Gasteiger partial charge in [-0.15, -0.1) is 0 Å². The summed E-state index contributed by atoms with van der Waals surface area (Å²) in [5, 5.41) is 20.7. The number of amides is 1. The molecule has 1 heterocycles. The number of fused-ring (bicyclic) bond motifs is 1. The number of aromatic nitrogens is 1. The van der Waals surface area contributed by atoms with Crippen LogP contribution in [0, 0.1) is 0 Å². The van der Waals surface area contributed by atoms with E-state index >= 15 is 0 Å². The second kappa shape index (κ2) is 6.04. The molecule has 0 saturated carbocycles. The highest BCUT2D eigenvalue weighted by Crippen LogP contribution is 2.27. The third kappa shape index (κ3) is 2.85. The molecule has 3 rings (SSSR count). The molecule has 118 valence electrons. The molecule has 5 nitrogen and oxygen atoms in total. The third-order valence-corrected chi connectivity index (χ3v) is 3.94. The van der Waals surface area contributed by atoms with E-state index in [4.69, 9.17) is 0 Å². The van der Waals surface area contributed by atoms with E-state index in [1.54, 1.807) is 7.05 Å². The molecule has 0 spiro atoms. The van der Waals surface area contributed by atoms with Crippen molar-refractivity contribution in [3.63, 3.8) is 0 Å². The Kier molecular flexibility index (Phi) is 3.93. The van der Waals surface area contributed by atoms with E-state index < -0.39 is 5.91 Å². The van der Waals surface area contributed by atoms with Gasteiger partial charge in [0, 0.05) is 31.9 Å². The van der Waals surface area contributed by atoms with Gasteiger partial charge in [-0.25, -0.2) is 0 Å². The Bertz CT molecular complexity index is 834. The van der Waals surface area contributed by atoms with Crippen LogP contribution in [0.2, 0.25) is 0 Å². The molecule has 0 unspecified atom stereocenters. The van der Waals surface area contributed by atoms with Crippen molar-refractivity contribution < 1.29 is 15.0 Å². The summed E-state index contributed by atoms with van der Waals surface area (Å²) < 4.78 is 2.07. The lowest BCUT2D eigenvalue weighted by molar-refractivity contribution is 0.0784. The van der Waals surface area contributed by atoms with Gasteiger partial charge >= 0.3 is 0 Å². The highest BCUT2D eigenvalue weighted by molar-refractivity contribution is 5.99. The molecule has 2 aromatic carbocycles. The van der Waals surface area contributed by atoms with Gasteiger partial charge in [0.1, 0.15) is 17.1 Å². The van der Waals surface area contributed by atoms with E-state index in [2.05, 4.69) is 4.57 Å². The number of rotatable bonds is 4. The molecule has 0 bridgehead atoms. The Hall–Kier alpha value is -2.95. The number of phenols is 2. The van der Waals surface area contributed by atoms with Gasteiger partial charge < -0.3 is 19.7 Å². The fourth-order valence-corrected chi connectivity index (χ4v) is 2.63. The maximum atomic E-state index is 12.4. The normalized spacial score (nSPS) is 10.8. The Morgan fingerprint density at radius 1 is 1.04 bits per heavy atom. The Labute approximate surface area is 134 Å². The minimum Gasteiger partial charge on any atom is -0.507 e. The summed E-state index contributed by atoms with van der Waals surface area (Å²) in [4.78, 5) is 13.9. The number of para-hydroxylation sites is 1. The molecule has 5 heteroatoms. The quantitative estimate of drug-likeness (QED) is 0.779. The molecule has 3 aromatic rings. The zero-order valence-corrected chi connectivity index (χ0v) is 12.8. The summed E-state index contributed by atoms with van der Waals surface area (Å²) in [7, 11) is 1.65. The lowest BCUT2D eigenvalue weighted by Gasteiger charge is -2.19. The minimum atomic E-state index is -0.405. The predicted octanol–water partition coefficient (Wildman–Crippen LogP) is 2.82.